The van der Waals surface area contributed by atoms with E-state index in [1.165, 1.54) is 13.8 Å². The molecule has 4 amide bonds. The van der Waals surface area contributed by atoms with Crippen LogP contribution in [0.15, 0.2) is 134 Å². The monoisotopic (exact) mass is 1440 g/mol. The third-order valence-corrected chi connectivity index (χ3v) is 17.5. The lowest BCUT2D eigenvalue weighted by molar-refractivity contribution is -0.117. The zero-order valence-corrected chi connectivity index (χ0v) is 60.3. The number of hydrogen-bond donors (Lipinski definition) is 1. The molecular weight excluding hydrogens is 1360 g/mol. The Balaban J connectivity index is 0.000000163. The Morgan fingerprint density at radius 3 is 1.42 bits per heavy atom. The summed E-state index contributed by atoms with van der Waals surface area (Å²) in [6.45, 7) is 32.3. The molecule has 1 N–H and O–H groups in total. The van der Waals surface area contributed by atoms with Crippen molar-refractivity contribution in [2.24, 2.45) is 0 Å². The molecule has 4 aliphatic rings. The lowest BCUT2D eigenvalue weighted by Crippen LogP contribution is -2.51. The number of halogens is 2. The summed E-state index contributed by atoms with van der Waals surface area (Å²) in [4.78, 5) is 80.4. The molecule has 6 aromatic heterocycles. The van der Waals surface area contributed by atoms with E-state index in [-0.39, 0.29) is 78.8 Å². The summed E-state index contributed by atoms with van der Waals surface area (Å²) in [5.74, 6) is -0.108. The standard InChI is InChI=1S/C23H26N6O3.C15H19BrN2O3.C14H19BN4O2.C9H15BN2O2.C5H5BrN2/c1-15(2)32-23(31)28-12-16(3)29(17(4)30)21-6-5-18(9-22(21)28)19-10-26-27(13-19)14-20-11-24-7-8-25-20;1-9(2)21-15(20)17-8-10(3)18(11(4)19)13-6-5-12(16)7-14(13)17;1-13(2)14(3,4)21-15(20-13)11-7-18-19(9-11)10-12-8-16-5-6-17-12;1-8(2)9(3,4)14-10(13-8)7-5-11-12-6-7;6-3-5-4-7-1-2-8-5/h5-11,13,15-16H,12,14H2,1-4H3;5-7,9-10H,8H2,1-4H3;5-9H,10H2,1-4H3;5-6H,1-4H3,(H,11,12);1-2,4H,3H2/t16-;10-;;;/m00.../s1. The number of aromatic amines is 1. The largest absolute Gasteiger partial charge is 0.498 e. The van der Waals surface area contributed by atoms with E-state index in [0.29, 0.717) is 43.2 Å². The van der Waals surface area contributed by atoms with Crippen molar-refractivity contribution < 1.29 is 47.3 Å². The predicted molar refractivity (Wildman–Crippen MR) is 374 cm³/mol. The molecule has 8 aromatic rings. The third kappa shape index (κ3) is 18.4. The number of aromatic nitrogens is 12. The van der Waals surface area contributed by atoms with Gasteiger partial charge in [0, 0.05) is 128 Å². The molecule has 2 atom stereocenters. The summed E-state index contributed by atoms with van der Waals surface area (Å²) in [5, 5.41) is 16.2. The van der Waals surface area contributed by atoms with Crippen molar-refractivity contribution in [1.82, 2.24) is 59.7 Å². The van der Waals surface area contributed by atoms with Gasteiger partial charge in [-0.05, 0) is 133 Å². The highest BCUT2D eigenvalue weighted by atomic mass is 79.9. The van der Waals surface area contributed by atoms with E-state index in [4.69, 9.17) is 28.1 Å². The van der Waals surface area contributed by atoms with Crippen molar-refractivity contribution in [3.05, 3.63) is 151 Å². The second-order valence-corrected chi connectivity index (χ2v) is 27.2. The average Bonchev–Trinajstić information content (AvgIpc) is 1.05. The molecule has 30 heteroatoms. The van der Waals surface area contributed by atoms with Gasteiger partial charge in [-0.25, -0.2) is 9.59 Å². The van der Waals surface area contributed by atoms with Gasteiger partial charge in [-0.3, -0.25) is 63.8 Å². The van der Waals surface area contributed by atoms with E-state index in [0.717, 1.165) is 54.6 Å². The Morgan fingerprint density at radius 2 is 1.00 bits per heavy atom. The van der Waals surface area contributed by atoms with Crippen LogP contribution in [0.5, 0.6) is 0 Å². The Kier molecular flexibility index (Phi) is 24.3. The zero-order valence-electron chi connectivity index (χ0n) is 57.2. The van der Waals surface area contributed by atoms with Crippen LogP contribution in [0.4, 0.5) is 32.3 Å². The van der Waals surface area contributed by atoms with Gasteiger partial charge < -0.3 is 37.9 Å². The molecule has 10 heterocycles. The number of anilines is 4. The van der Waals surface area contributed by atoms with Crippen molar-refractivity contribution >= 4 is 104 Å². The maximum absolute atomic E-state index is 12.8. The highest BCUT2D eigenvalue weighted by Gasteiger charge is 2.53. The van der Waals surface area contributed by atoms with Crippen LogP contribution in [0.25, 0.3) is 11.1 Å². The number of ether oxygens (including phenoxy) is 2. The van der Waals surface area contributed by atoms with Crippen molar-refractivity contribution in [2.45, 2.75) is 176 Å². The van der Waals surface area contributed by atoms with Crippen LogP contribution in [-0.4, -0.2) is 158 Å². The van der Waals surface area contributed by atoms with Crippen molar-refractivity contribution in [3.63, 3.8) is 0 Å². The van der Waals surface area contributed by atoms with E-state index in [1.54, 1.807) is 105 Å². The van der Waals surface area contributed by atoms with Gasteiger partial charge in [0.25, 0.3) is 0 Å². The van der Waals surface area contributed by atoms with Gasteiger partial charge in [0.15, 0.2) is 0 Å². The number of H-pyrrole nitrogens is 1. The average molecular weight is 1440 g/mol. The highest BCUT2D eigenvalue weighted by molar-refractivity contribution is 9.10. The van der Waals surface area contributed by atoms with Gasteiger partial charge in [-0.15, -0.1) is 0 Å². The Bertz CT molecular complexity index is 3860. The van der Waals surface area contributed by atoms with E-state index in [9.17, 15) is 19.2 Å². The smallest absolute Gasteiger partial charge is 0.446 e. The van der Waals surface area contributed by atoms with Gasteiger partial charge in [0.05, 0.1) is 118 Å². The summed E-state index contributed by atoms with van der Waals surface area (Å²) in [6.07, 6.45) is 24.8. The van der Waals surface area contributed by atoms with Gasteiger partial charge in [-0.2, -0.15) is 15.3 Å². The number of rotatable bonds is 10. The summed E-state index contributed by atoms with van der Waals surface area (Å²) in [5.41, 5.74) is 7.75. The van der Waals surface area contributed by atoms with Crippen molar-refractivity contribution in [3.8, 4) is 11.1 Å². The molecule has 96 heavy (non-hydrogen) atoms. The number of nitrogens with zero attached hydrogens (tertiary/aromatic N) is 15. The third-order valence-electron chi connectivity index (χ3n) is 16.4. The number of nitrogens with one attached hydrogen (secondary N) is 1. The molecule has 26 nitrogen and oxygen atoms in total. The minimum absolute atomic E-state index is 0.0389. The molecule has 12 rings (SSSR count). The van der Waals surface area contributed by atoms with E-state index >= 15 is 0 Å². The van der Waals surface area contributed by atoms with Crippen molar-refractivity contribution in [1.29, 1.82) is 0 Å². The Morgan fingerprint density at radius 1 is 0.562 bits per heavy atom. The first-order valence-electron chi connectivity index (χ1n) is 31.4. The minimum atomic E-state index is -0.424. The van der Waals surface area contributed by atoms with Gasteiger partial charge in [0.1, 0.15) is 0 Å². The molecule has 2 fully saturated rings. The molecular formula is C66H84B2Br2N16O10. The number of fused-ring (bicyclic) bond motifs is 2. The molecule has 2 aromatic carbocycles. The topological polar surface area (TPSA) is 278 Å². The quantitative estimate of drug-likeness (QED) is 0.0984. The SMILES string of the molecule is BrCc1cnccn1.CC(=O)N1c2ccc(-c3cnn(Cc4cnccn4)c3)cc2N(C(=O)OC(C)C)C[C@@H]1C.CC(=O)N1c2ccc(Br)cc2N(C(=O)OC(C)C)C[C@@H]1C.CC1(C)OB(c2cn[nH]c2)OC1(C)C.CC1(C)OB(c2cnn(Cc3cnccn3)c2)OC1(C)C. The lowest BCUT2D eigenvalue weighted by Gasteiger charge is -2.40. The first-order valence-corrected chi connectivity index (χ1v) is 33.3. The highest BCUT2D eigenvalue weighted by Crippen LogP contribution is 2.42. The number of amides is 4. The molecule has 0 spiro atoms. The molecule has 2 saturated heterocycles. The van der Waals surface area contributed by atoms with Crippen LogP contribution < -0.4 is 30.5 Å². The second kappa shape index (κ2) is 31.7. The summed E-state index contributed by atoms with van der Waals surface area (Å²) >= 11 is 6.66. The molecule has 4 aliphatic heterocycles. The number of alkyl halides is 1. The fourth-order valence-electron chi connectivity index (χ4n) is 10.3. The molecule has 508 valence electrons. The van der Waals surface area contributed by atoms with Crippen molar-refractivity contribution in [2.75, 3.05) is 32.7 Å². The normalized spacial score (nSPS) is 17.7. The number of carbonyl (C=O) groups excluding carboxylic acids is 4. The van der Waals surface area contributed by atoms with Crippen LogP contribution in [0, 0.1) is 0 Å². The lowest BCUT2D eigenvalue weighted by atomic mass is 9.82. The molecule has 0 saturated carbocycles. The molecule has 0 aliphatic carbocycles. The summed E-state index contributed by atoms with van der Waals surface area (Å²) in [7, 11) is -0.690. The number of carbonyl (C=O) groups is 4. The summed E-state index contributed by atoms with van der Waals surface area (Å²) in [6, 6.07) is 11.0. The predicted octanol–water partition coefficient (Wildman–Crippen LogP) is 10.2. The first-order chi connectivity index (χ1) is 45.4. The fraction of sp³-hybridized carbons (Fsp3) is 0.439. The van der Waals surface area contributed by atoms with E-state index in [1.807, 2.05) is 150 Å². The van der Waals surface area contributed by atoms with Crippen LogP contribution in [0.3, 0.4) is 0 Å². The van der Waals surface area contributed by atoms with E-state index < -0.39 is 6.09 Å². The van der Waals surface area contributed by atoms with Gasteiger partial charge >= 0.3 is 26.4 Å². The zero-order chi connectivity index (χ0) is 69.9. The van der Waals surface area contributed by atoms with Crippen LogP contribution in [-0.2, 0) is 56.1 Å². The maximum atomic E-state index is 12.8. The number of benzene rings is 2. The maximum Gasteiger partial charge on any atom is 0.498 e. The van der Waals surface area contributed by atoms with Gasteiger partial charge in [0.2, 0.25) is 11.8 Å². The fourth-order valence-corrected chi connectivity index (χ4v) is 11.0. The second-order valence-electron chi connectivity index (χ2n) is 25.7. The number of hydrogen-bond acceptors (Lipinski definition) is 19. The van der Waals surface area contributed by atoms with E-state index in [2.05, 4.69) is 82.2 Å². The van der Waals surface area contributed by atoms with Crippen LogP contribution in [0.1, 0.15) is 128 Å². The molecule has 0 bridgehead atoms. The first kappa shape index (κ1) is 73.5. The van der Waals surface area contributed by atoms with Crippen LogP contribution >= 0.6 is 31.9 Å². The van der Waals surface area contributed by atoms with Crippen LogP contribution in [0.2, 0.25) is 0 Å². The van der Waals surface area contributed by atoms with Gasteiger partial charge in [-0.1, -0.05) is 37.9 Å². The summed E-state index contributed by atoms with van der Waals surface area (Å²) < 4.78 is 38.9. The molecule has 0 radical (unpaired) electrons. The molecule has 0 unspecified atom stereocenters. The Hall–Kier alpha value is -8.28. The Labute approximate surface area is 578 Å². The minimum Gasteiger partial charge on any atom is -0.446 e.